The van der Waals surface area contributed by atoms with Crippen molar-refractivity contribution in [1.82, 2.24) is 5.32 Å². The predicted octanol–water partition coefficient (Wildman–Crippen LogP) is 3.78. The summed E-state index contributed by atoms with van der Waals surface area (Å²) >= 11 is 11.8. The van der Waals surface area contributed by atoms with Crippen molar-refractivity contribution < 1.29 is 14.3 Å². The third-order valence-electron chi connectivity index (χ3n) is 3.47. The van der Waals surface area contributed by atoms with Crippen molar-refractivity contribution in [2.75, 3.05) is 32.6 Å². The van der Waals surface area contributed by atoms with Crippen molar-refractivity contribution in [1.29, 1.82) is 0 Å². The molecule has 7 heteroatoms. The largest absolute Gasteiger partial charge is 0.493 e. The van der Waals surface area contributed by atoms with Crippen LogP contribution in [0.2, 0.25) is 10.0 Å². The summed E-state index contributed by atoms with van der Waals surface area (Å²) in [6.45, 7) is 0.844. The van der Waals surface area contributed by atoms with Crippen molar-refractivity contribution in [2.24, 2.45) is 0 Å². The second kappa shape index (κ2) is 9.51. The van der Waals surface area contributed by atoms with Crippen LogP contribution in [0, 0.1) is 0 Å². The number of amides is 1. The molecule has 134 valence electrons. The van der Waals surface area contributed by atoms with Crippen LogP contribution in [0.25, 0.3) is 0 Å². The summed E-state index contributed by atoms with van der Waals surface area (Å²) in [5.74, 6) is 1.22. The van der Waals surface area contributed by atoms with E-state index in [0.717, 1.165) is 12.0 Å². The molecule has 2 N–H and O–H groups in total. The number of methoxy groups -OCH3 is 2. The van der Waals surface area contributed by atoms with E-state index in [9.17, 15) is 4.79 Å². The lowest BCUT2D eigenvalue weighted by Crippen LogP contribution is -2.29. The van der Waals surface area contributed by atoms with Gasteiger partial charge in [0.15, 0.2) is 11.5 Å². The quantitative estimate of drug-likeness (QED) is 0.682. The van der Waals surface area contributed by atoms with Crippen LogP contribution in [0.3, 0.4) is 0 Å². The molecular weight excluding hydrogens is 363 g/mol. The molecule has 0 fully saturated rings. The Kier molecular flexibility index (Phi) is 7.37. The number of ether oxygens (including phenoxy) is 2. The van der Waals surface area contributed by atoms with Gasteiger partial charge in [-0.2, -0.15) is 0 Å². The summed E-state index contributed by atoms with van der Waals surface area (Å²) in [5.41, 5.74) is 1.66. The molecule has 2 aromatic rings. The zero-order valence-electron chi connectivity index (χ0n) is 14.1. The topological polar surface area (TPSA) is 59.6 Å². The molecule has 1 amide bonds. The van der Waals surface area contributed by atoms with Gasteiger partial charge in [0, 0.05) is 15.7 Å². The highest BCUT2D eigenvalue weighted by Gasteiger charge is 2.06. The summed E-state index contributed by atoms with van der Waals surface area (Å²) in [6.07, 6.45) is 0.761. The van der Waals surface area contributed by atoms with E-state index in [1.807, 2.05) is 18.2 Å². The van der Waals surface area contributed by atoms with Gasteiger partial charge >= 0.3 is 0 Å². The highest BCUT2D eigenvalue weighted by atomic mass is 35.5. The maximum absolute atomic E-state index is 11.9. The zero-order chi connectivity index (χ0) is 18.2. The summed E-state index contributed by atoms with van der Waals surface area (Å²) in [6, 6.07) is 10.7. The molecule has 0 aliphatic heterocycles. The average Bonchev–Trinajstić information content (AvgIpc) is 2.57. The summed E-state index contributed by atoms with van der Waals surface area (Å²) in [4.78, 5) is 11.9. The van der Waals surface area contributed by atoms with Gasteiger partial charge in [-0.05, 0) is 48.9 Å². The highest BCUT2D eigenvalue weighted by molar-refractivity contribution is 6.35. The molecule has 0 radical (unpaired) electrons. The standard InChI is InChI=1S/C18H20Cl2N2O3/c1-24-16-4-3-12(7-17(16)25-2)5-6-21-11-18(23)22-15-9-13(19)8-14(20)10-15/h3-4,7-10,21H,5-6,11H2,1-2H3,(H,22,23). The van der Waals surface area contributed by atoms with Gasteiger partial charge in [-0.15, -0.1) is 0 Å². The second-order valence-electron chi connectivity index (χ2n) is 5.32. The van der Waals surface area contributed by atoms with Crippen LogP contribution in [0.15, 0.2) is 36.4 Å². The molecule has 2 aromatic carbocycles. The average molecular weight is 383 g/mol. The number of rotatable bonds is 8. The molecule has 0 unspecified atom stereocenters. The lowest BCUT2D eigenvalue weighted by atomic mass is 10.1. The number of hydrogen-bond donors (Lipinski definition) is 2. The van der Waals surface area contributed by atoms with E-state index in [4.69, 9.17) is 32.7 Å². The minimum atomic E-state index is -0.161. The highest BCUT2D eigenvalue weighted by Crippen LogP contribution is 2.27. The molecule has 25 heavy (non-hydrogen) atoms. The van der Waals surface area contributed by atoms with Gasteiger partial charge in [-0.3, -0.25) is 4.79 Å². The fraction of sp³-hybridized carbons (Fsp3) is 0.278. The number of nitrogens with one attached hydrogen (secondary N) is 2. The zero-order valence-corrected chi connectivity index (χ0v) is 15.6. The predicted molar refractivity (Wildman–Crippen MR) is 101 cm³/mol. The maximum atomic E-state index is 11.9. The number of carbonyl (C=O) groups is 1. The molecule has 0 aromatic heterocycles. The lowest BCUT2D eigenvalue weighted by Gasteiger charge is -2.10. The summed E-state index contributed by atoms with van der Waals surface area (Å²) < 4.78 is 10.5. The summed E-state index contributed by atoms with van der Waals surface area (Å²) in [7, 11) is 3.21. The van der Waals surface area contributed by atoms with Gasteiger partial charge in [0.2, 0.25) is 5.91 Å². The van der Waals surface area contributed by atoms with Crippen molar-refractivity contribution in [3.05, 3.63) is 52.0 Å². The lowest BCUT2D eigenvalue weighted by molar-refractivity contribution is -0.115. The molecule has 0 bridgehead atoms. The number of hydrogen-bond acceptors (Lipinski definition) is 4. The Morgan fingerprint density at radius 1 is 1.00 bits per heavy atom. The first kappa shape index (κ1) is 19.4. The first-order chi connectivity index (χ1) is 12.0. The Labute approximate surface area is 157 Å². The Morgan fingerprint density at radius 2 is 1.68 bits per heavy atom. The van der Waals surface area contributed by atoms with Crippen LogP contribution in [-0.2, 0) is 11.2 Å². The molecule has 0 spiro atoms. The third-order valence-corrected chi connectivity index (χ3v) is 3.91. The number of anilines is 1. The van der Waals surface area contributed by atoms with Gasteiger partial charge in [0.1, 0.15) is 0 Å². The van der Waals surface area contributed by atoms with E-state index in [2.05, 4.69) is 10.6 Å². The van der Waals surface area contributed by atoms with Crippen LogP contribution in [0.5, 0.6) is 11.5 Å². The Bertz CT molecular complexity index is 718. The molecule has 0 atom stereocenters. The first-order valence-electron chi connectivity index (χ1n) is 7.69. The minimum Gasteiger partial charge on any atom is -0.493 e. The molecule has 0 aliphatic rings. The Morgan fingerprint density at radius 3 is 2.32 bits per heavy atom. The SMILES string of the molecule is COc1ccc(CCNCC(=O)Nc2cc(Cl)cc(Cl)c2)cc1OC. The molecular formula is C18H20Cl2N2O3. The fourth-order valence-corrected chi connectivity index (χ4v) is 2.83. The maximum Gasteiger partial charge on any atom is 0.238 e. The van der Waals surface area contributed by atoms with E-state index in [0.29, 0.717) is 33.8 Å². The van der Waals surface area contributed by atoms with Crippen LogP contribution in [-0.4, -0.2) is 33.2 Å². The monoisotopic (exact) mass is 382 g/mol. The van der Waals surface area contributed by atoms with E-state index in [1.54, 1.807) is 32.4 Å². The normalized spacial score (nSPS) is 10.4. The smallest absolute Gasteiger partial charge is 0.238 e. The van der Waals surface area contributed by atoms with Gasteiger partial charge < -0.3 is 20.1 Å². The molecule has 0 heterocycles. The van der Waals surface area contributed by atoms with Crippen LogP contribution < -0.4 is 20.1 Å². The molecule has 0 aliphatic carbocycles. The van der Waals surface area contributed by atoms with Crippen molar-refractivity contribution >= 4 is 34.8 Å². The van der Waals surface area contributed by atoms with Crippen molar-refractivity contribution in [2.45, 2.75) is 6.42 Å². The van der Waals surface area contributed by atoms with E-state index in [1.165, 1.54) is 0 Å². The van der Waals surface area contributed by atoms with Gasteiger partial charge in [-0.25, -0.2) is 0 Å². The molecule has 0 saturated carbocycles. The van der Waals surface area contributed by atoms with Crippen LogP contribution in [0.4, 0.5) is 5.69 Å². The van der Waals surface area contributed by atoms with E-state index in [-0.39, 0.29) is 12.5 Å². The van der Waals surface area contributed by atoms with Gasteiger partial charge in [0.25, 0.3) is 0 Å². The first-order valence-corrected chi connectivity index (χ1v) is 8.45. The van der Waals surface area contributed by atoms with E-state index >= 15 is 0 Å². The molecule has 2 rings (SSSR count). The third kappa shape index (κ3) is 6.12. The van der Waals surface area contributed by atoms with Gasteiger partial charge in [0.05, 0.1) is 20.8 Å². The van der Waals surface area contributed by atoms with Crippen molar-refractivity contribution in [3.8, 4) is 11.5 Å². The van der Waals surface area contributed by atoms with Crippen LogP contribution in [0.1, 0.15) is 5.56 Å². The fourth-order valence-electron chi connectivity index (χ4n) is 2.30. The Hall–Kier alpha value is -1.95. The van der Waals surface area contributed by atoms with Crippen LogP contribution >= 0.6 is 23.2 Å². The molecule has 0 saturated heterocycles. The minimum absolute atomic E-state index is 0.161. The Balaban J connectivity index is 1.78. The second-order valence-corrected chi connectivity index (χ2v) is 6.20. The summed E-state index contributed by atoms with van der Waals surface area (Å²) in [5, 5.41) is 6.80. The number of carbonyl (C=O) groups excluding carboxylic acids is 1. The number of benzene rings is 2. The molecule has 5 nitrogen and oxygen atoms in total. The van der Waals surface area contributed by atoms with Gasteiger partial charge in [-0.1, -0.05) is 29.3 Å². The van der Waals surface area contributed by atoms with E-state index < -0.39 is 0 Å². The van der Waals surface area contributed by atoms with Crippen molar-refractivity contribution in [3.63, 3.8) is 0 Å². The number of halogens is 2.